The molecule has 4 rings (SSSR count). The molecular formula is C18H21N7O2S. The van der Waals surface area contributed by atoms with E-state index in [4.69, 9.17) is 4.74 Å². The highest BCUT2D eigenvalue weighted by Crippen LogP contribution is 2.22. The molecule has 0 radical (unpaired) electrons. The highest BCUT2D eigenvalue weighted by atomic mass is 32.1. The van der Waals surface area contributed by atoms with Crippen LogP contribution < -0.4 is 10.6 Å². The molecule has 1 fully saturated rings. The molecule has 1 aliphatic rings. The zero-order valence-electron chi connectivity index (χ0n) is 15.2. The van der Waals surface area contributed by atoms with Crippen LogP contribution in [-0.2, 0) is 11.3 Å². The Labute approximate surface area is 166 Å². The van der Waals surface area contributed by atoms with Crippen molar-refractivity contribution in [2.75, 3.05) is 43.5 Å². The number of aromatic nitrogens is 4. The topological polar surface area (TPSA) is 97.2 Å². The van der Waals surface area contributed by atoms with Gasteiger partial charge in [0, 0.05) is 43.1 Å². The molecule has 10 heteroatoms. The summed E-state index contributed by atoms with van der Waals surface area (Å²) < 4.78 is 7.19. The van der Waals surface area contributed by atoms with Gasteiger partial charge in [-0.15, -0.1) is 10.2 Å². The molecule has 3 aromatic rings. The van der Waals surface area contributed by atoms with Crippen molar-refractivity contribution in [3.05, 3.63) is 42.0 Å². The van der Waals surface area contributed by atoms with Crippen molar-refractivity contribution in [3.8, 4) is 10.6 Å². The Balaban J connectivity index is 1.26. The fourth-order valence-corrected chi connectivity index (χ4v) is 3.46. The lowest BCUT2D eigenvalue weighted by Crippen LogP contribution is -2.38. The van der Waals surface area contributed by atoms with Crippen LogP contribution in [0.5, 0.6) is 0 Å². The highest BCUT2D eigenvalue weighted by Gasteiger charge is 2.11. The van der Waals surface area contributed by atoms with E-state index >= 15 is 0 Å². The Morgan fingerprint density at radius 1 is 1.11 bits per heavy atom. The zero-order valence-corrected chi connectivity index (χ0v) is 16.1. The van der Waals surface area contributed by atoms with Crippen LogP contribution in [0.1, 0.15) is 0 Å². The molecule has 3 heterocycles. The van der Waals surface area contributed by atoms with Crippen LogP contribution in [0.15, 0.2) is 42.0 Å². The number of carbonyl (C=O) groups is 1. The van der Waals surface area contributed by atoms with E-state index in [-0.39, 0.29) is 6.03 Å². The summed E-state index contributed by atoms with van der Waals surface area (Å²) in [6.07, 6.45) is 1.87. The number of hydrogen-bond acceptors (Lipinski definition) is 7. The van der Waals surface area contributed by atoms with E-state index in [9.17, 15) is 4.79 Å². The van der Waals surface area contributed by atoms with Crippen LogP contribution in [0.3, 0.4) is 0 Å². The average Bonchev–Trinajstić information content (AvgIpc) is 3.40. The van der Waals surface area contributed by atoms with E-state index in [0.29, 0.717) is 11.5 Å². The minimum absolute atomic E-state index is 0.331. The van der Waals surface area contributed by atoms with Gasteiger partial charge in [0.25, 0.3) is 0 Å². The smallest absolute Gasteiger partial charge is 0.324 e. The van der Waals surface area contributed by atoms with Crippen molar-refractivity contribution in [2.45, 2.75) is 6.54 Å². The molecule has 0 saturated carbocycles. The number of anilines is 2. The van der Waals surface area contributed by atoms with Gasteiger partial charge in [-0.05, 0) is 24.3 Å². The quantitative estimate of drug-likeness (QED) is 0.661. The van der Waals surface area contributed by atoms with Gasteiger partial charge in [0.05, 0.1) is 19.8 Å². The molecule has 0 unspecified atom stereocenters. The Hall–Kier alpha value is -2.82. The number of benzene rings is 1. The Morgan fingerprint density at radius 2 is 1.93 bits per heavy atom. The van der Waals surface area contributed by atoms with Crippen molar-refractivity contribution in [3.63, 3.8) is 0 Å². The Morgan fingerprint density at radius 3 is 2.68 bits per heavy atom. The second kappa shape index (κ2) is 8.91. The Kier molecular flexibility index (Phi) is 5.90. The molecule has 2 aromatic heterocycles. The molecule has 146 valence electrons. The lowest BCUT2D eigenvalue weighted by Gasteiger charge is -2.26. The number of ether oxygens (including phenoxy) is 1. The first-order valence-corrected chi connectivity index (χ1v) is 9.92. The third kappa shape index (κ3) is 4.91. The summed E-state index contributed by atoms with van der Waals surface area (Å²) in [5, 5.41) is 18.7. The van der Waals surface area contributed by atoms with Gasteiger partial charge in [0.15, 0.2) is 5.82 Å². The average molecular weight is 399 g/mol. The van der Waals surface area contributed by atoms with Crippen molar-refractivity contribution < 1.29 is 9.53 Å². The third-order valence-corrected chi connectivity index (χ3v) is 5.12. The van der Waals surface area contributed by atoms with Gasteiger partial charge in [0.1, 0.15) is 10.5 Å². The summed E-state index contributed by atoms with van der Waals surface area (Å²) in [6, 6.07) is 8.92. The van der Waals surface area contributed by atoms with E-state index in [1.165, 1.54) is 11.3 Å². The number of hydrogen-bond donors (Lipinski definition) is 2. The van der Waals surface area contributed by atoms with Gasteiger partial charge >= 0.3 is 6.03 Å². The lowest BCUT2D eigenvalue weighted by molar-refractivity contribution is 0.0360. The molecule has 1 saturated heterocycles. The molecule has 0 bridgehead atoms. The van der Waals surface area contributed by atoms with Crippen LogP contribution >= 0.6 is 11.3 Å². The molecule has 2 amide bonds. The van der Waals surface area contributed by atoms with E-state index in [1.54, 1.807) is 11.6 Å². The maximum absolute atomic E-state index is 12.2. The van der Waals surface area contributed by atoms with Crippen LogP contribution in [-0.4, -0.2) is 63.8 Å². The predicted octanol–water partition coefficient (Wildman–Crippen LogP) is 2.38. The van der Waals surface area contributed by atoms with Gasteiger partial charge in [-0.25, -0.2) is 4.79 Å². The van der Waals surface area contributed by atoms with Gasteiger partial charge < -0.3 is 10.1 Å². The zero-order chi connectivity index (χ0) is 19.2. The van der Waals surface area contributed by atoms with Crippen molar-refractivity contribution in [1.29, 1.82) is 0 Å². The van der Waals surface area contributed by atoms with Crippen LogP contribution in [0.2, 0.25) is 0 Å². The van der Waals surface area contributed by atoms with E-state index in [2.05, 4.69) is 30.8 Å². The minimum Gasteiger partial charge on any atom is -0.379 e. The SMILES string of the molecule is O=C(Nc1ccc(-c2nncs2)cc1)Nc1ccn(CCN2CCOCC2)n1. The number of amides is 2. The molecule has 9 nitrogen and oxygen atoms in total. The number of carbonyl (C=O) groups excluding carboxylic acids is 1. The second-order valence-corrected chi connectivity index (χ2v) is 7.15. The highest BCUT2D eigenvalue weighted by molar-refractivity contribution is 7.12. The molecule has 0 spiro atoms. The molecule has 1 aliphatic heterocycles. The number of rotatable bonds is 6. The minimum atomic E-state index is -0.331. The van der Waals surface area contributed by atoms with Crippen molar-refractivity contribution in [1.82, 2.24) is 24.9 Å². The van der Waals surface area contributed by atoms with Crippen LogP contribution in [0, 0.1) is 0 Å². The molecular weight excluding hydrogens is 378 g/mol. The first kappa shape index (κ1) is 18.5. The van der Waals surface area contributed by atoms with Crippen LogP contribution in [0.4, 0.5) is 16.3 Å². The lowest BCUT2D eigenvalue weighted by atomic mass is 10.2. The van der Waals surface area contributed by atoms with E-state index < -0.39 is 0 Å². The molecule has 28 heavy (non-hydrogen) atoms. The van der Waals surface area contributed by atoms with E-state index in [0.717, 1.165) is 50.0 Å². The van der Waals surface area contributed by atoms with Crippen molar-refractivity contribution in [2.24, 2.45) is 0 Å². The maximum atomic E-state index is 12.2. The van der Waals surface area contributed by atoms with E-state index in [1.807, 2.05) is 35.1 Å². The van der Waals surface area contributed by atoms with Gasteiger partial charge in [-0.2, -0.15) is 5.10 Å². The summed E-state index contributed by atoms with van der Waals surface area (Å²) in [5.74, 6) is 0.518. The normalized spacial score (nSPS) is 14.7. The van der Waals surface area contributed by atoms with Gasteiger partial charge in [-0.3, -0.25) is 14.9 Å². The molecule has 1 aromatic carbocycles. The summed E-state index contributed by atoms with van der Waals surface area (Å²) in [4.78, 5) is 14.5. The largest absolute Gasteiger partial charge is 0.379 e. The van der Waals surface area contributed by atoms with Gasteiger partial charge in [0.2, 0.25) is 0 Å². The summed E-state index contributed by atoms with van der Waals surface area (Å²) in [5.41, 5.74) is 3.35. The fraction of sp³-hybridized carbons (Fsp3) is 0.333. The summed E-state index contributed by atoms with van der Waals surface area (Å²) in [7, 11) is 0. The number of nitrogens with zero attached hydrogens (tertiary/aromatic N) is 5. The Bertz CT molecular complexity index is 889. The van der Waals surface area contributed by atoms with Gasteiger partial charge in [-0.1, -0.05) is 11.3 Å². The first-order chi connectivity index (χ1) is 13.8. The standard InChI is InChI=1S/C18H21N7O2S/c26-18(20-15-3-1-14(2-4-15)17-22-19-13-28-17)21-16-5-6-25(23-16)8-7-24-9-11-27-12-10-24/h1-6,13H,7-12H2,(H2,20,21,23,26). The second-order valence-electron chi connectivity index (χ2n) is 6.32. The predicted molar refractivity (Wildman–Crippen MR) is 107 cm³/mol. The maximum Gasteiger partial charge on any atom is 0.324 e. The monoisotopic (exact) mass is 399 g/mol. The summed E-state index contributed by atoms with van der Waals surface area (Å²) in [6.45, 7) is 5.16. The molecule has 2 N–H and O–H groups in total. The number of morpholine rings is 1. The summed E-state index contributed by atoms with van der Waals surface area (Å²) >= 11 is 1.47. The molecule has 0 atom stereocenters. The molecule has 0 aliphatic carbocycles. The van der Waals surface area contributed by atoms with Crippen LogP contribution in [0.25, 0.3) is 10.6 Å². The number of nitrogens with one attached hydrogen (secondary N) is 2. The third-order valence-electron chi connectivity index (χ3n) is 4.38. The number of urea groups is 1. The first-order valence-electron chi connectivity index (χ1n) is 9.04. The fourth-order valence-electron chi connectivity index (χ4n) is 2.90. The van der Waals surface area contributed by atoms with Crippen molar-refractivity contribution >= 4 is 28.9 Å².